The third kappa shape index (κ3) is 3.50. The fourth-order valence-electron chi connectivity index (χ4n) is 1.97. The molecule has 0 bridgehead atoms. The van der Waals surface area contributed by atoms with Gasteiger partial charge in [0.1, 0.15) is 17.3 Å². The second-order valence-corrected chi connectivity index (χ2v) is 5.33. The van der Waals surface area contributed by atoms with Gasteiger partial charge >= 0.3 is 0 Å². The summed E-state index contributed by atoms with van der Waals surface area (Å²) in [6, 6.07) is 10.2. The molecular weight excluding hydrogens is 277 g/mol. The molecule has 0 fully saturated rings. The van der Waals surface area contributed by atoms with Crippen LogP contribution in [0.1, 0.15) is 18.1 Å². The Bertz CT molecular complexity index is 613. The van der Waals surface area contributed by atoms with E-state index in [9.17, 15) is 4.39 Å². The van der Waals surface area contributed by atoms with Crippen molar-refractivity contribution in [1.82, 2.24) is 0 Å². The fraction of sp³-hybridized carbons (Fsp3) is 0.250. The second kappa shape index (κ2) is 6.25. The zero-order chi connectivity index (χ0) is 14.7. The monoisotopic (exact) mass is 293 g/mol. The third-order valence-corrected chi connectivity index (χ3v) is 3.24. The molecular formula is C16H17ClFNO. The van der Waals surface area contributed by atoms with Gasteiger partial charge in [0, 0.05) is 6.04 Å². The number of nitrogens with two attached hydrogens (primary N) is 1. The lowest BCUT2D eigenvalue weighted by molar-refractivity contribution is 0.471. The molecule has 106 valence electrons. The highest BCUT2D eigenvalue weighted by Gasteiger charge is 2.12. The van der Waals surface area contributed by atoms with Gasteiger partial charge in [-0.15, -0.1) is 0 Å². The van der Waals surface area contributed by atoms with Gasteiger partial charge in [0.15, 0.2) is 0 Å². The van der Waals surface area contributed by atoms with Crippen molar-refractivity contribution in [2.75, 3.05) is 0 Å². The van der Waals surface area contributed by atoms with Crippen molar-refractivity contribution < 1.29 is 9.13 Å². The van der Waals surface area contributed by atoms with Crippen LogP contribution in [0.25, 0.3) is 0 Å². The van der Waals surface area contributed by atoms with Crippen molar-refractivity contribution in [3.63, 3.8) is 0 Å². The first-order chi connectivity index (χ1) is 9.47. The van der Waals surface area contributed by atoms with Crippen LogP contribution in [0.15, 0.2) is 36.4 Å². The van der Waals surface area contributed by atoms with Gasteiger partial charge in [0.25, 0.3) is 0 Å². The molecule has 0 heterocycles. The first-order valence-electron chi connectivity index (χ1n) is 6.44. The zero-order valence-corrected chi connectivity index (χ0v) is 12.2. The summed E-state index contributed by atoms with van der Waals surface area (Å²) in [6.07, 6.45) is 0.663. The lowest BCUT2D eigenvalue weighted by Gasteiger charge is -2.14. The number of benzene rings is 2. The Morgan fingerprint density at radius 1 is 1.30 bits per heavy atom. The number of aryl methyl sites for hydroxylation is 1. The van der Waals surface area contributed by atoms with Crippen molar-refractivity contribution in [3.8, 4) is 11.5 Å². The number of ether oxygens (including phenoxy) is 1. The molecule has 0 aromatic heterocycles. The molecule has 1 unspecified atom stereocenters. The zero-order valence-electron chi connectivity index (χ0n) is 11.5. The van der Waals surface area contributed by atoms with E-state index in [0.29, 0.717) is 28.5 Å². The van der Waals surface area contributed by atoms with Crippen molar-refractivity contribution in [2.45, 2.75) is 26.3 Å². The van der Waals surface area contributed by atoms with E-state index in [0.717, 1.165) is 5.56 Å². The van der Waals surface area contributed by atoms with Crippen molar-refractivity contribution in [1.29, 1.82) is 0 Å². The minimum absolute atomic E-state index is 0.00534. The summed E-state index contributed by atoms with van der Waals surface area (Å²) in [5.74, 6) is 0.882. The Morgan fingerprint density at radius 3 is 2.70 bits per heavy atom. The number of rotatable bonds is 4. The SMILES string of the molecule is Cc1cc(Oc2c(Cl)cccc2CC(C)N)ccc1F. The first kappa shape index (κ1) is 14.8. The Hall–Kier alpha value is -1.58. The van der Waals surface area contributed by atoms with E-state index in [4.69, 9.17) is 22.1 Å². The van der Waals surface area contributed by atoms with E-state index in [1.54, 1.807) is 25.1 Å². The lowest BCUT2D eigenvalue weighted by Crippen LogP contribution is -2.18. The molecule has 0 amide bonds. The van der Waals surface area contributed by atoms with Crippen LogP contribution >= 0.6 is 11.6 Å². The van der Waals surface area contributed by atoms with Crippen LogP contribution in [-0.4, -0.2) is 6.04 Å². The molecule has 0 spiro atoms. The molecule has 0 aliphatic carbocycles. The maximum atomic E-state index is 13.3. The molecule has 2 N–H and O–H groups in total. The highest BCUT2D eigenvalue weighted by molar-refractivity contribution is 6.32. The lowest BCUT2D eigenvalue weighted by atomic mass is 10.1. The molecule has 2 rings (SSSR count). The molecule has 2 nitrogen and oxygen atoms in total. The van der Waals surface area contributed by atoms with Gasteiger partial charge in [-0.3, -0.25) is 0 Å². The van der Waals surface area contributed by atoms with Gasteiger partial charge in [0.05, 0.1) is 5.02 Å². The van der Waals surface area contributed by atoms with E-state index in [1.807, 2.05) is 19.1 Å². The van der Waals surface area contributed by atoms with E-state index >= 15 is 0 Å². The Labute approximate surface area is 123 Å². The number of hydrogen-bond acceptors (Lipinski definition) is 2. The van der Waals surface area contributed by atoms with E-state index in [1.165, 1.54) is 6.07 Å². The number of hydrogen-bond donors (Lipinski definition) is 1. The summed E-state index contributed by atoms with van der Waals surface area (Å²) in [6.45, 7) is 3.62. The summed E-state index contributed by atoms with van der Waals surface area (Å²) in [5, 5.41) is 0.519. The minimum atomic E-state index is -0.257. The first-order valence-corrected chi connectivity index (χ1v) is 6.82. The molecule has 1 atom stereocenters. The van der Waals surface area contributed by atoms with E-state index in [-0.39, 0.29) is 11.9 Å². The summed E-state index contributed by atoms with van der Waals surface area (Å²) >= 11 is 6.19. The van der Waals surface area contributed by atoms with Gasteiger partial charge in [-0.1, -0.05) is 23.7 Å². The molecule has 2 aromatic carbocycles. The highest BCUT2D eigenvalue weighted by Crippen LogP contribution is 2.34. The Kier molecular flexibility index (Phi) is 4.63. The molecule has 0 aliphatic heterocycles. The maximum Gasteiger partial charge on any atom is 0.149 e. The van der Waals surface area contributed by atoms with Gasteiger partial charge in [0.2, 0.25) is 0 Å². The van der Waals surface area contributed by atoms with Gasteiger partial charge in [-0.2, -0.15) is 0 Å². The molecule has 20 heavy (non-hydrogen) atoms. The fourth-order valence-corrected chi connectivity index (χ4v) is 2.21. The Balaban J connectivity index is 2.34. The van der Waals surface area contributed by atoms with Gasteiger partial charge < -0.3 is 10.5 Å². The van der Waals surface area contributed by atoms with Gasteiger partial charge in [-0.05, 0) is 55.7 Å². The molecule has 0 aliphatic rings. The van der Waals surface area contributed by atoms with Crippen molar-refractivity contribution in [3.05, 3.63) is 58.4 Å². The number of halogens is 2. The average Bonchev–Trinajstić information content (AvgIpc) is 2.37. The molecule has 0 saturated heterocycles. The molecule has 4 heteroatoms. The summed E-state index contributed by atoms with van der Waals surface area (Å²) in [5.41, 5.74) is 7.30. The summed E-state index contributed by atoms with van der Waals surface area (Å²) in [7, 11) is 0. The van der Waals surface area contributed by atoms with E-state index in [2.05, 4.69) is 0 Å². The maximum absolute atomic E-state index is 13.3. The normalized spacial score (nSPS) is 12.2. The standard InChI is InChI=1S/C16H17ClFNO/c1-10-8-13(6-7-15(10)18)20-16-12(9-11(2)19)4-3-5-14(16)17/h3-8,11H,9,19H2,1-2H3. The smallest absolute Gasteiger partial charge is 0.149 e. The second-order valence-electron chi connectivity index (χ2n) is 4.92. The van der Waals surface area contributed by atoms with Crippen LogP contribution in [0.5, 0.6) is 11.5 Å². The van der Waals surface area contributed by atoms with Crippen LogP contribution in [-0.2, 0) is 6.42 Å². The van der Waals surface area contributed by atoms with Crippen LogP contribution in [0, 0.1) is 12.7 Å². The molecule has 0 saturated carbocycles. The Morgan fingerprint density at radius 2 is 2.05 bits per heavy atom. The van der Waals surface area contributed by atoms with Crippen LogP contribution < -0.4 is 10.5 Å². The molecule has 2 aromatic rings. The summed E-state index contributed by atoms with van der Waals surface area (Å²) in [4.78, 5) is 0. The van der Waals surface area contributed by atoms with Crippen LogP contribution in [0.3, 0.4) is 0 Å². The largest absolute Gasteiger partial charge is 0.456 e. The minimum Gasteiger partial charge on any atom is -0.456 e. The van der Waals surface area contributed by atoms with Crippen molar-refractivity contribution in [2.24, 2.45) is 5.73 Å². The topological polar surface area (TPSA) is 35.2 Å². The third-order valence-electron chi connectivity index (χ3n) is 2.94. The molecule has 0 radical (unpaired) electrons. The van der Waals surface area contributed by atoms with Gasteiger partial charge in [-0.25, -0.2) is 4.39 Å². The predicted molar refractivity (Wildman–Crippen MR) is 80.0 cm³/mol. The van der Waals surface area contributed by atoms with Crippen LogP contribution in [0.2, 0.25) is 5.02 Å². The highest BCUT2D eigenvalue weighted by atomic mass is 35.5. The van der Waals surface area contributed by atoms with E-state index < -0.39 is 0 Å². The predicted octanol–water partition coefficient (Wildman–Crippen LogP) is 4.47. The number of para-hydroxylation sites is 1. The quantitative estimate of drug-likeness (QED) is 0.902. The van der Waals surface area contributed by atoms with Crippen molar-refractivity contribution >= 4 is 11.6 Å². The van der Waals surface area contributed by atoms with Crippen LogP contribution in [0.4, 0.5) is 4.39 Å². The summed E-state index contributed by atoms with van der Waals surface area (Å²) < 4.78 is 19.1. The average molecular weight is 294 g/mol.